The van der Waals surface area contributed by atoms with Crippen molar-refractivity contribution >= 4 is 21.7 Å². The molecule has 1 aromatic rings. The molecule has 0 amide bonds. The molecular weight excluding hydrogens is 383 g/mol. The number of imidazole rings is 1. The highest BCUT2D eigenvalue weighted by atomic mass is 32.2. The van der Waals surface area contributed by atoms with Crippen molar-refractivity contribution in [2.45, 2.75) is 51.7 Å². The van der Waals surface area contributed by atoms with Gasteiger partial charge >= 0.3 is 0 Å². The molecule has 0 aliphatic heterocycles. The fourth-order valence-electron chi connectivity index (χ4n) is 4.08. The number of sulfonamides is 1. The van der Waals surface area contributed by atoms with Crippen LogP contribution in [0.4, 0.5) is 10.2 Å². The molecule has 2 aliphatic carbocycles. The molecule has 0 bridgehead atoms. The second-order valence-corrected chi connectivity index (χ2v) is 9.20. The highest BCUT2D eigenvalue weighted by Crippen LogP contribution is 2.42. The summed E-state index contributed by atoms with van der Waals surface area (Å²) in [5.41, 5.74) is 14.8. The first-order chi connectivity index (χ1) is 13.1. The molecule has 28 heavy (non-hydrogen) atoms. The first kappa shape index (κ1) is 20.5. The zero-order valence-electron chi connectivity index (χ0n) is 15.9. The minimum absolute atomic E-state index is 0.0179. The number of alkyl halides is 1. The number of nitrogens with two attached hydrogens (primary N) is 3. The van der Waals surface area contributed by atoms with Crippen LogP contribution in [-0.2, 0) is 23.0 Å². The Hall–Kier alpha value is -2.20. The van der Waals surface area contributed by atoms with Gasteiger partial charge in [-0.25, -0.2) is 22.9 Å². The van der Waals surface area contributed by atoms with Crippen LogP contribution in [0.5, 0.6) is 0 Å². The summed E-state index contributed by atoms with van der Waals surface area (Å²) in [5.74, 6) is 0.320. The average molecular weight is 411 g/mol. The zero-order valence-corrected chi connectivity index (χ0v) is 16.7. The molecule has 3 rings (SSSR count). The van der Waals surface area contributed by atoms with Crippen LogP contribution in [0.2, 0.25) is 0 Å². The number of nitrogen functional groups attached to an aromatic ring is 2. The first-order valence-electron chi connectivity index (χ1n) is 9.36. The topological polar surface area (TPSA) is 154 Å². The summed E-state index contributed by atoms with van der Waals surface area (Å²) in [4.78, 5) is 4.38. The molecule has 0 fully saturated rings. The van der Waals surface area contributed by atoms with Gasteiger partial charge in [-0.15, -0.1) is 0 Å². The van der Waals surface area contributed by atoms with Gasteiger partial charge in [0.1, 0.15) is 29.3 Å². The number of primary sulfonamides is 1. The maximum atomic E-state index is 14.2. The molecule has 0 aromatic carbocycles. The van der Waals surface area contributed by atoms with Crippen molar-refractivity contribution in [1.29, 1.82) is 5.41 Å². The molecule has 10 heteroatoms. The molecule has 7 N–H and O–H groups in total. The van der Waals surface area contributed by atoms with Gasteiger partial charge in [0.05, 0.1) is 5.75 Å². The number of hydrogen-bond donors (Lipinski definition) is 4. The summed E-state index contributed by atoms with van der Waals surface area (Å²) < 4.78 is 38.6. The van der Waals surface area contributed by atoms with Gasteiger partial charge in [-0.3, -0.25) is 5.41 Å². The monoisotopic (exact) mass is 410 g/mol. The largest absolute Gasteiger partial charge is 0.383 e. The number of nitrogens with one attached hydrogen (secondary N) is 1. The molecule has 0 radical (unpaired) electrons. The van der Waals surface area contributed by atoms with Gasteiger partial charge in [-0.2, -0.15) is 0 Å². The Balaban J connectivity index is 1.97. The third-order valence-corrected chi connectivity index (χ3v) is 6.35. The molecular formula is C18H27FN6O2S. The number of nitrogens with zero attached hydrogens (tertiary/aromatic N) is 2. The van der Waals surface area contributed by atoms with Crippen molar-refractivity contribution < 1.29 is 12.8 Å². The summed E-state index contributed by atoms with van der Waals surface area (Å²) in [6.45, 7) is 2.11. The molecule has 2 atom stereocenters. The smallest absolute Gasteiger partial charge is 0.210 e. The Morgan fingerprint density at radius 3 is 2.79 bits per heavy atom. The van der Waals surface area contributed by atoms with Crippen LogP contribution in [-0.4, -0.2) is 35.7 Å². The Morgan fingerprint density at radius 1 is 1.46 bits per heavy atom. The number of allylic oxidation sites excluding steroid dienone is 4. The molecule has 0 spiro atoms. The van der Waals surface area contributed by atoms with Crippen molar-refractivity contribution in [3.05, 3.63) is 34.3 Å². The van der Waals surface area contributed by atoms with Gasteiger partial charge in [0, 0.05) is 13.0 Å². The van der Waals surface area contributed by atoms with E-state index in [4.69, 9.17) is 22.0 Å². The minimum atomic E-state index is -3.70. The van der Waals surface area contributed by atoms with E-state index in [-0.39, 0.29) is 35.6 Å². The number of rotatable bonds is 7. The summed E-state index contributed by atoms with van der Waals surface area (Å²) >= 11 is 0. The number of halogens is 1. The molecule has 2 unspecified atom stereocenters. The van der Waals surface area contributed by atoms with E-state index < -0.39 is 16.2 Å². The third-order valence-electron chi connectivity index (χ3n) is 5.60. The maximum absolute atomic E-state index is 14.2. The van der Waals surface area contributed by atoms with E-state index in [0.717, 1.165) is 30.4 Å². The number of amidine groups is 1. The Bertz CT molecular complexity index is 963. The Morgan fingerprint density at radius 2 is 2.18 bits per heavy atom. The van der Waals surface area contributed by atoms with E-state index in [0.29, 0.717) is 18.7 Å². The van der Waals surface area contributed by atoms with Gasteiger partial charge in [-0.1, -0.05) is 24.1 Å². The predicted octanol–water partition coefficient (Wildman–Crippen LogP) is 1.37. The van der Waals surface area contributed by atoms with Crippen LogP contribution in [0.25, 0.3) is 0 Å². The lowest BCUT2D eigenvalue weighted by molar-refractivity contribution is 0.384. The second kappa shape index (κ2) is 7.67. The molecule has 0 saturated carbocycles. The van der Waals surface area contributed by atoms with Crippen LogP contribution in [0.3, 0.4) is 0 Å². The van der Waals surface area contributed by atoms with Gasteiger partial charge < -0.3 is 16.0 Å². The quantitative estimate of drug-likeness (QED) is 0.395. The number of aromatic nitrogens is 2. The van der Waals surface area contributed by atoms with Gasteiger partial charge in [0.25, 0.3) is 0 Å². The SMILES string of the molecule is CCC1CC2=C(C=C1Cc1nc(C(=N)N)c(N)n1CCS(N)(=O)=O)C(F)CC2. The minimum Gasteiger partial charge on any atom is -0.383 e. The molecule has 0 saturated heterocycles. The van der Waals surface area contributed by atoms with Gasteiger partial charge in [-0.05, 0) is 37.2 Å². The van der Waals surface area contributed by atoms with E-state index in [1.54, 1.807) is 4.57 Å². The van der Waals surface area contributed by atoms with Crippen molar-refractivity contribution in [2.24, 2.45) is 16.8 Å². The summed E-state index contributed by atoms with van der Waals surface area (Å²) in [6, 6.07) is 0. The summed E-state index contributed by atoms with van der Waals surface area (Å²) in [5, 5.41) is 12.8. The van der Waals surface area contributed by atoms with Crippen LogP contribution in [0, 0.1) is 11.3 Å². The standard InChI is InChI=1S/C18H27FN6O2S/c1-2-10-7-11-3-4-14(19)13(11)8-12(10)9-15-24-16(17(20)21)18(22)25(15)5-6-28(23,26)27/h8,10,14H,2-7,9,22H2,1H3,(H3,20,21)(H2,23,26,27). The summed E-state index contributed by atoms with van der Waals surface area (Å²) in [7, 11) is -3.70. The van der Waals surface area contributed by atoms with Crippen molar-refractivity contribution in [3.8, 4) is 0 Å². The number of hydrogen-bond acceptors (Lipinski definition) is 5. The zero-order chi connectivity index (χ0) is 20.6. The molecule has 154 valence electrons. The van der Waals surface area contributed by atoms with E-state index in [1.165, 1.54) is 5.57 Å². The number of anilines is 1. The highest BCUT2D eigenvalue weighted by Gasteiger charge is 2.31. The Kier molecular flexibility index (Phi) is 5.62. The second-order valence-electron chi connectivity index (χ2n) is 7.46. The van der Waals surface area contributed by atoms with Gasteiger partial charge in [0.15, 0.2) is 0 Å². The first-order valence-corrected chi connectivity index (χ1v) is 11.1. The van der Waals surface area contributed by atoms with Crippen LogP contribution < -0.4 is 16.6 Å². The van der Waals surface area contributed by atoms with Gasteiger partial charge in [0.2, 0.25) is 10.0 Å². The third kappa shape index (κ3) is 4.12. The highest BCUT2D eigenvalue weighted by molar-refractivity contribution is 7.89. The normalized spacial score (nSPS) is 22.3. The van der Waals surface area contributed by atoms with E-state index >= 15 is 0 Å². The molecule has 8 nitrogen and oxygen atoms in total. The molecule has 1 heterocycles. The Labute approximate surface area is 164 Å². The lowest BCUT2D eigenvalue weighted by Crippen LogP contribution is -2.23. The van der Waals surface area contributed by atoms with E-state index in [2.05, 4.69) is 11.9 Å². The van der Waals surface area contributed by atoms with Crippen LogP contribution in [0.1, 0.15) is 44.1 Å². The van der Waals surface area contributed by atoms with Crippen molar-refractivity contribution in [3.63, 3.8) is 0 Å². The lowest BCUT2D eigenvalue weighted by atomic mass is 9.81. The summed E-state index contributed by atoms with van der Waals surface area (Å²) in [6.07, 6.45) is 4.49. The fraction of sp³-hybridized carbons (Fsp3) is 0.556. The maximum Gasteiger partial charge on any atom is 0.210 e. The van der Waals surface area contributed by atoms with E-state index in [1.807, 2.05) is 6.08 Å². The molecule has 1 aromatic heterocycles. The van der Waals surface area contributed by atoms with Crippen LogP contribution >= 0.6 is 0 Å². The van der Waals surface area contributed by atoms with Crippen molar-refractivity contribution in [2.75, 3.05) is 11.5 Å². The van der Waals surface area contributed by atoms with E-state index in [9.17, 15) is 12.8 Å². The predicted molar refractivity (Wildman–Crippen MR) is 107 cm³/mol. The average Bonchev–Trinajstić information content (AvgIpc) is 3.12. The van der Waals surface area contributed by atoms with Crippen LogP contribution in [0.15, 0.2) is 22.8 Å². The lowest BCUT2D eigenvalue weighted by Gasteiger charge is -2.25. The molecule has 2 aliphatic rings. The fourth-order valence-corrected chi connectivity index (χ4v) is 4.52. The van der Waals surface area contributed by atoms with Crippen molar-refractivity contribution in [1.82, 2.24) is 9.55 Å².